The van der Waals surface area contributed by atoms with Crippen LogP contribution in [0.2, 0.25) is 0 Å². The van der Waals surface area contributed by atoms with E-state index in [9.17, 15) is 26.4 Å². The van der Waals surface area contributed by atoms with Crippen molar-refractivity contribution < 1.29 is 35.5 Å². The molecule has 0 saturated carbocycles. The monoisotopic (exact) mass is 399 g/mol. The van der Waals surface area contributed by atoms with E-state index in [-0.39, 0.29) is 15.9 Å². The van der Waals surface area contributed by atoms with Gasteiger partial charge in [-0.15, -0.1) is 0 Å². The van der Waals surface area contributed by atoms with Gasteiger partial charge >= 0.3 is 12.1 Å². The number of furan rings is 1. The molecule has 0 spiro atoms. The van der Waals surface area contributed by atoms with Crippen LogP contribution < -0.4 is 4.72 Å². The molecule has 1 aromatic heterocycles. The Balaban J connectivity index is 2.20. The number of fused-ring (bicyclic) bond motifs is 1. The molecule has 0 bridgehead atoms. The lowest BCUT2D eigenvalue weighted by Crippen LogP contribution is -2.15. The Morgan fingerprint density at radius 3 is 2.37 bits per heavy atom. The van der Waals surface area contributed by atoms with Crippen LogP contribution in [0.1, 0.15) is 16.1 Å². The molecule has 0 saturated heterocycles. The Labute approximate surface area is 151 Å². The summed E-state index contributed by atoms with van der Waals surface area (Å²) >= 11 is 0. The van der Waals surface area contributed by atoms with Gasteiger partial charge in [0.25, 0.3) is 10.0 Å². The van der Waals surface area contributed by atoms with E-state index in [1.807, 2.05) is 0 Å². The first-order valence-electron chi connectivity index (χ1n) is 7.43. The maximum atomic E-state index is 13.0. The Bertz CT molecular complexity index is 1100. The van der Waals surface area contributed by atoms with Gasteiger partial charge in [-0.1, -0.05) is 18.2 Å². The number of carbonyl (C=O) groups is 1. The number of hydrogen-bond acceptors (Lipinski definition) is 5. The van der Waals surface area contributed by atoms with Crippen molar-refractivity contribution in [2.45, 2.75) is 11.1 Å². The second-order valence-corrected chi connectivity index (χ2v) is 7.11. The van der Waals surface area contributed by atoms with Crippen LogP contribution in [0.3, 0.4) is 0 Å². The molecule has 0 amide bonds. The highest BCUT2D eigenvalue weighted by Crippen LogP contribution is 2.37. The summed E-state index contributed by atoms with van der Waals surface area (Å²) in [7, 11) is -3.15. The van der Waals surface area contributed by atoms with Gasteiger partial charge in [-0.05, 0) is 30.3 Å². The van der Waals surface area contributed by atoms with Crippen LogP contribution in [-0.2, 0) is 20.9 Å². The summed E-state index contributed by atoms with van der Waals surface area (Å²) in [6.07, 6.45) is -4.66. The van der Waals surface area contributed by atoms with E-state index in [4.69, 9.17) is 4.42 Å². The van der Waals surface area contributed by atoms with E-state index >= 15 is 0 Å². The van der Waals surface area contributed by atoms with Gasteiger partial charge in [-0.3, -0.25) is 4.72 Å². The molecule has 3 aromatic rings. The van der Waals surface area contributed by atoms with Gasteiger partial charge in [0.2, 0.25) is 5.76 Å². The Morgan fingerprint density at radius 1 is 1.11 bits per heavy atom. The van der Waals surface area contributed by atoms with Gasteiger partial charge < -0.3 is 9.15 Å². The molecule has 10 heteroatoms. The zero-order valence-electron chi connectivity index (χ0n) is 13.7. The molecular formula is C17H12F3NO5S. The number of esters is 1. The van der Waals surface area contributed by atoms with Gasteiger partial charge in [0.15, 0.2) is 0 Å². The second kappa shape index (κ2) is 6.62. The fraction of sp³-hybridized carbons (Fsp3) is 0.118. The van der Waals surface area contributed by atoms with Gasteiger partial charge in [-0.25, -0.2) is 13.2 Å². The van der Waals surface area contributed by atoms with Crippen LogP contribution in [-0.4, -0.2) is 21.5 Å². The largest absolute Gasteiger partial charge is 0.463 e. The third-order valence-corrected chi connectivity index (χ3v) is 5.04. The van der Waals surface area contributed by atoms with Crippen molar-refractivity contribution in [3.8, 4) is 0 Å². The van der Waals surface area contributed by atoms with E-state index < -0.39 is 39.2 Å². The first-order valence-corrected chi connectivity index (χ1v) is 8.92. The van der Waals surface area contributed by atoms with Gasteiger partial charge in [-0.2, -0.15) is 13.2 Å². The van der Waals surface area contributed by atoms with E-state index in [1.165, 1.54) is 24.3 Å². The van der Waals surface area contributed by atoms with Crippen LogP contribution in [0.25, 0.3) is 11.0 Å². The van der Waals surface area contributed by atoms with E-state index in [2.05, 4.69) is 9.46 Å². The lowest BCUT2D eigenvalue weighted by molar-refractivity contribution is -0.137. The normalized spacial score (nSPS) is 12.1. The molecule has 0 atom stereocenters. The summed E-state index contributed by atoms with van der Waals surface area (Å²) in [6, 6.07) is 9.62. The van der Waals surface area contributed by atoms with Crippen LogP contribution in [0.15, 0.2) is 57.8 Å². The van der Waals surface area contributed by atoms with Crippen LogP contribution in [0.5, 0.6) is 0 Å². The molecule has 2 aromatic carbocycles. The van der Waals surface area contributed by atoms with E-state index in [0.717, 1.165) is 19.2 Å². The number of hydrogen-bond donors (Lipinski definition) is 1. The smallest absolute Gasteiger partial charge is 0.416 e. The lowest BCUT2D eigenvalue weighted by atomic mass is 10.1. The average Bonchev–Trinajstić information content (AvgIpc) is 2.98. The standard InChI is InChI=1S/C17H12F3NO5S/c1-25-16(22)15-14(21-27(23,24)11-5-3-2-4-6-11)12-9-10(17(18,19)20)7-8-13(12)26-15/h2-9,21H,1H3. The van der Waals surface area contributed by atoms with E-state index in [1.54, 1.807) is 6.07 Å². The summed E-state index contributed by atoms with van der Waals surface area (Å²) < 4.78 is 76.1. The van der Waals surface area contributed by atoms with Crippen molar-refractivity contribution >= 4 is 32.6 Å². The molecule has 0 aliphatic rings. The maximum absolute atomic E-state index is 13.0. The summed E-state index contributed by atoms with van der Waals surface area (Å²) in [5, 5.41) is -0.218. The topological polar surface area (TPSA) is 85.6 Å². The molecule has 0 radical (unpaired) electrons. The van der Waals surface area contributed by atoms with Crippen molar-refractivity contribution in [3.63, 3.8) is 0 Å². The zero-order valence-corrected chi connectivity index (χ0v) is 14.5. The minimum Gasteiger partial charge on any atom is -0.463 e. The van der Waals surface area contributed by atoms with Gasteiger partial charge in [0, 0.05) is 5.39 Å². The van der Waals surface area contributed by atoms with E-state index in [0.29, 0.717) is 6.07 Å². The Kier molecular flexibility index (Phi) is 4.60. The average molecular weight is 399 g/mol. The minimum absolute atomic E-state index is 0.103. The third kappa shape index (κ3) is 3.61. The highest BCUT2D eigenvalue weighted by Gasteiger charge is 2.33. The fourth-order valence-corrected chi connectivity index (χ4v) is 3.51. The second-order valence-electron chi connectivity index (χ2n) is 5.43. The number of rotatable bonds is 4. The van der Waals surface area contributed by atoms with Crippen molar-refractivity contribution in [1.82, 2.24) is 0 Å². The zero-order chi connectivity index (χ0) is 19.8. The number of carbonyl (C=O) groups excluding carboxylic acids is 1. The highest BCUT2D eigenvalue weighted by molar-refractivity contribution is 7.92. The maximum Gasteiger partial charge on any atom is 0.416 e. The molecule has 6 nitrogen and oxygen atoms in total. The molecule has 0 fully saturated rings. The minimum atomic E-state index is -4.66. The van der Waals surface area contributed by atoms with Crippen molar-refractivity contribution in [2.24, 2.45) is 0 Å². The number of halogens is 3. The molecule has 3 rings (SSSR count). The van der Waals surface area contributed by atoms with Crippen molar-refractivity contribution in [2.75, 3.05) is 11.8 Å². The molecule has 1 N–H and O–H groups in total. The van der Waals surface area contributed by atoms with Crippen LogP contribution >= 0.6 is 0 Å². The predicted molar refractivity (Wildman–Crippen MR) is 89.8 cm³/mol. The quantitative estimate of drug-likeness (QED) is 0.670. The molecule has 0 aliphatic carbocycles. The lowest BCUT2D eigenvalue weighted by Gasteiger charge is -2.09. The molecule has 142 valence electrons. The molecule has 27 heavy (non-hydrogen) atoms. The number of ether oxygens (including phenoxy) is 1. The third-order valence-electron chi connectivity index (χ3n) is 3.68. The van der Waals surface area contributed by atoms with Gasteiger partial charge in [0.05, 0.1) is 17.6 Å². The number of alkyl halides is 3. The van der Waals surface area contributed by atoms with Gasteiger partial charge in [0.1, 0.15) is 11.3 Å². The number of anilines is 1. The number of nitrogens with one attached hydrogen (secondary N) is 1. The fourth-order valence-electron chi connectivity index (χ4n) is 2.40. The Morgan fingerprint density at radius 2 is 1.78 bits per heavy atom. The summed E-state index contributed by atoms with van der Waals surface area (Å²) in [5.41, 5.74) is -1.55. The summed E-state index contributed by atoms with van der Waals surface area (Å²) in [6.45, 7) is 0. The predicted octanol–water partition coefficient (Wildman–Crippen LogP) is 4.04. The Hall–Kier alpha value is -3.01. The molecule has 0 aliphatic heterocycles. The number of sulfonamides is 1. The molecular weight excluding hydrogens is 387 g/mol. The highest BCUT2D eigenvalue weighted by atomic mass is 32.2. The van der Waals surface area contributed by atoms with Crippen molar-refractivity contribution in [1.29, 1.82) is 0 Å². The SMILES string of the molecule is COC(=O)c1oc2ccc(C(F)(F)F)cc2c1NS(=O)(=O)c1ccccc1. The molecule has 1 heterocycles. The van der Waals surface area contributed by atoms with Crippen molar-refractivity contribution in [3.05, 3.63) is 59.9 Å². The summed E-state index contributed by atoms with van der Waals surface area (Å²) in [4.78, 5) is 11.8. The summed E-state index contributed by atoms with van der Waals surface area (Å²) in [5.74, 6) is -1.59. The first-order chi connectivity index (χ1) is 12.6. The van der Waals surface area contributed by atoms with Crippen LogP contribution in [0, 0.1) is 0 Å². The number of benzene rings is 2. The first kappa shape index (κ1) is 18.8. The van der Waals surface area contributed by atoms with Crippen LogP contribution in [0.4, 0.5) is 18.9 Å². The molecule has 0 unspecified atom stereocenters. The number of methoxy groups -OCH3 is 1.